The third-order valence-electron chi connectivity index (χ3n) is 4.13. The van der Waals surface area contributed by atoms with Gasteiger partial charge in [-0.1, -0.05) is 23.4 Å². The van der Waals surface area contributed by atoms with Crippen LogP contribution in [0.4, 0.5) is 5.13 Å². The van der Waals surface area contributed by atoms with Gasteiger partial charge in [0.05, 0.1) is 18.4 Å². The van der Waals surface area contributed by atoms with Crippen molar-refractivity contribution in [2.24, 2.45) is 0 Å². The maximum atomic E-state index is 12.5. The lowest BCUT2D eigenvalue weighted by Gasteiger charge is -2.12. The monoisotopic (exact) mass is 402 g/mol. The Kier molecular flexibility index (Phi) is 6.25. The molecule has 0 atom stereocenters. The molecule has 0 radical (unpaired) electrons. The van der Waals surface area contributed by atoms with Crippen LogP contribution in [-0.2, 0) is 13.0 Å². The molecule has 0 saturated carbocycles. The summed E-state index contributed by atoms with van der Waals surface area (Å²) in [6.45, 7) is 6.07. The molecule has 1 N–H and O–H groups in total. The van der Waals surface area contributed by atoms with Crippen LogP contribution in [-0.4, -0.2) is 28.4 Å². The van der Waals surface area contributed by atoms with Gasteiger partial charge in [0, 0.05) is 12.0 Å². The molecule has 0 fully saturated rings. The van der Waals surface area contributed by atoms with Crippen LogP contribution in [0.15, 0.2) is 22.7 Å². The summed E-state index contributed by atoms with van der Waals surface area (Å²) in [5.41, 5.74) is 2.11. The van der Waals surface area contributed by atoms with E-state index in [2.05, 4.69) is 27.6 Å². The number of hydrogen-bond acceptors (Lipinski definition) is 8. The van der Waals surface area contributed by atoms with E-state index in [-0.39, 0.29) is 5.91 Å². The maximum absolute atomic E-state index is 12.5. The van der Waals surface area contributed by atoms with Crippen LogP contribution < -0.4 is 14.8 Å². The Hall–Kier alpha value is -2.94. The van der Waals surface area contributed by atoms with Gasteiger partial charge in [-0.15, -0.1) is 10.2 Å². The second-order valence-electron chi connectivity index (χ2n) is 6.16. The number of ether oxygens (including phenoxy) is 2. The summed E-state index contributed by atoms with van der Waals surface area (Å²) in [4.78, 5) is 12.5. The van der Waals surface area contributed by atoms with E-state index < -0.39 is 0 Å². The van der Waals surface area contributed by atoms with Crippen molar-refractivity contribution in [3.63, 3.8) is 0 Å². The van der Waals surface area contributed by atoms with E-state index in [1.165, 1.54) is 18.4 Å². The number of nitrogens with zero attached hydrogens (tertiary/aromatic N) is 3. The first-order valence-corrected chi connectivity index (χ1v) is 9.69. The number of rotatable bonds is 8. The molecule has 28 heavy (non-hydrogen) atoms. The highest BCUT2D eigenvalue weighted by atomic mass is 32.1. The zero-order valence-corrected chi connectivity index (χ0v) is 17.1. The lowest BCUT2D eigenvalue weighted by Crippen LogP contribution is -2.12. The molecule has 9 heteroatoms. The van der Waals surface area contributed by atoms with E-state index in [4.69, 9.17) is 14.0 Å². The van der Waals surface area contributed by atoms with E-state index in [0.717, 1.165) is 29.1 Å². The van der Waals surface area contributed by atoms with Crippen molar-refractivity contribution in [2.45, 2.75) is 40.2 Å². The first-order chi connectivity index (χ1) is 13.5. The Balaban J connectivity index is 1.70. The minimum absolute atomic E-state index is 0.283. The minimum atomic E-state index is -0.283. The number of amides is 1. The maximum Gasteiger partial charge on any atom is 0.257 e. The molecular weight excluding hydrogens is 380 g/mol. The highest BCUT2D eigenvalue weighted by Gasteiger charge is 2.15. The topological polar surface area (TPSA) is 99.4 Å². The van der Waals surface area contributed by atoms with Gasteiger partial charge in [0.1, 0.15) is 17.4 Å². The SMILES string of the molecule is CCCc1nnc(NC(=O)c2ccc(OCc3c(C)noc3C)c(OC)c2)s1. The lowest BCUT2D eigenvalue weighted by atomic mass is 10.2. The smallest absolute Gasteiger partial charge is 0.257 e. The molecule has 0 aliphatic heterocycles. The zero-order valence-electron chi connectivity index (χ0n) is 16.2. The summed E-state index contributed by atoms with van der Waals surface area (Å²) in [5.74, 6) is 1.42. The minimum Gasteiger partial charge on any atom is -0.493 e. The molecule has 2 heterocycles. The molecule has 1 aromatic carbocycles. The summed E-state index contributed by atoms with van der Waals surface area (Å²) in [6, 6.07) is 5.01. The van der Waals surface area contributed by atoms with Gasteiger partial charge in [-0.05, 0) is 38.5 Å². The van der Waals surface area contributed by atoms with Gasteiger partial charge in [-0.3, -0.25) is 10.1 Å². The molecule has 0 aliphatic rings. The first kappa shape index (κ1) is 19.8. The molecular formula is C19H22N4O4S. The number of anilines is 1. The highest BCUT2D eigenvalue weighted by Crippen LogP contribution is 2.30. The summed E-state index contributed by atoms with van der Waals surface area (Å²) < 4.78 is 16.4. The summed E-state index contributed by atoms with van der Waals surface area (Å²) in [7, 11) is 1.53. The quantitative estimate of drug-likeness (QED) is 0.609. The van der Waals surface area contributed by atoms with Crippen molar-refractivity contribution in [1.82, 2.24) is 15.4 Å². The highest BCUT2D eigenvalue weighted by molar-refractivity contribution is 7.15. The zero-order chi connectivity index (χ0) is 20.1. The van der Waals surface area contributed by atoms with Crippen LogP contribution in [0.25, 0.3) is 0 Å². The second-order valence-corrected chi connectivity index (χ2v) is 7.22. The fraction of sp³-hybridized carbons (Fsp3) is 0.368. The predicted molar refractivity (Wildman–Crippen MR) is 105 cm³/mol. The molecule has 148 valence electrons. The van der Waals surface area contributed by atoms with Crippen molar-refractivity contribution in [3.05, 3.63) is 45.8 Å². The molecule has 0 unspecified atom stereocenters. The number of benzene rings is 1. The van der Waals surface area contributed by atoms with E-state index in [1.54, 1.807) is 18.2 Å². The van der Waals surface area contributed by atoms with Crippen molar-refractivity contribution >= 4 is 22.4 Å². The van der Waals surface area contributed by atoms with E-state index in [0.29, 0.717) is 34.6 Å². The van der Waals surface area contributed by atoms with Crippen LogP contribution in [0.5, 0.6) is 11.5 Å². The largest absolute Gasteiger partial charge is 0.493 e. The molecule has 0 bridgehead atoms. The number of methoxy groups -OCH3 is 1. The van der Waals surface area contributed by atoms with Gasteiger partial charge >= 0.3 is 0 Å². The summed E-state index contributed by atoms with van der Waals surface area (Å²) >= 11 is 1.38. The van der Waals surface area contributed by atoms with Gasteiger partial charge in [-0.2, -0.15) is 0 Å². The Morgan fingerprint density at radius 1 is 1.25 bits per heavy atom. The third kappa shape index (κ3) is 4.48. The Morgan fingerprint density at radius 3 is 2.75 bits per heavy atom. The number of nitrogens with one attached hydrogen (secondary N) is 1. The normalized spacial score (nSPS) is 10.7. The molecule has 1 amide bonds. The molecule has 0 saturated heterocycles. The fourth-order valence-corrected chi connectivity index (χ4v) is 3.41. The van der Waals surface area contributed by atoms with Crippen LogP contribution in [0.1, 0.15) is 45.7 Å². The predicted octanol–water partition coefficient (Wildman–Crippen LogP) is 3.94. The Bertz CT molecular complexity index is 947. The van der Waals surface area contributed by atoms with Gasteiger partial charge < -0.3 is 14.0 Å². The lowest BCUT2D eigenvalue weighted by molar-refractivity contribution is 0.102. The molecule has 3 aromatic rings. The van der Waals surface area contributed by atoms with Crippen molar-refractivity contribution < 1.29 is 18.8 Å². The van der Waals surface area contributed by atoms with Gasteiger partial charge in [0.2, 0.25) is 5.13 Å². The number of carbonyl (C=O) groups is 1. The van der Waals surface area contributed by atoms with E-state index in [1.807, 2.05) is 13.8 Å². The molecule has 2 aromatic heterocycles. The van der Waals surface area contributed by atoms with Gasteiger partial charge in [0.25, 0.3) is 5.91 Å². The number of aromatic nitrogens is 3. The Labute approximate surface area is 166 Å². The van der Waals surface area contributed by atoms with Gasteiger partial charge in [-0.25, -0.2) is 0 Å². The van der Waals surface area contributed by atoms with Gasteiger partial charge in [0.15, 0.2) is 11.5 Å². The van der Waals surface area contributed by atoms with E-state index >= 15 is 0 Å². The van der Waals surface area contributed by atoms with Crippen LogP contribution >= 0.6 is 11.3 Å². The van der Waals surface area contributed by atoms with Crippen LogP contribution in [0.2, 0.25) is 0 Å². The van der Waals surface area contributed by atoms with Crippen molar-refractivity contribution in [1.29, 1.82) is 0 Å². The molecule has 8 nitrogen and oxygen atoms in total. The average molecular weight is 402 g/mol. The summed E-state index contributed by atoms with van der Waals surface area (Å²) in [5, 5.41) is 16.1. The number of hydrogen-bond donors (Lipinski definition) is 1. The number of carbonyl (C=O) groups excluding carboxylic acids is 1. The Morgan fingerprint density at radius 2 is 2.07 bits per heavy atom. The molecule has 3 rings (SSSR count). The molecule has 0 aliphatic carbocycles. The second kappa shape index (κ2) is 8.83. The number of aryl methyl sites for hydroxylation is 3. The van der Waals surface area contributed by atoms with Crippen LogP contribution in [0, 0.1) is 13.8 Å². The summed E-state index contributed by atoms with van der Waals surface area (Å²) in [6.07, 6.45) is 1.83. The van der Waals surface area contributed by atoms with Crippen LogP contribution in [0.3, 0.4) is 0 Å². The molecule has 0 spiro atoms. The van der Waals surface area contributed by atoms with E-state index in [9.17, 15) is 4.79 Å². The first-order valence-electron chi connectivity index (χ1n) is 8.88. The third-order valence-corrected chi connectivity index (χ3v) is 5.03. The average Bonchev–Trinajstić information content (AvgIpc) is 3.26. The fourth-order valence-electron chi connectivity index (χ4n) is 2.57. The van der Waals surface area contributed by atoms with Crippen molar-refractivity contribution in [2.75, 3.05) is 12.4 Å². The standard InChI is InChI=1S/C19H22N4O4S/c1-5-6-17-21-22-19(28-17)20-18(24)13-7-8-15(16(9-13)25-4)26-10-14-11(2)23-27-12(14)3/h7-9H,5-6,10H2,1-4H3,(H,20,22,24). The van der Waals surface area contributed by atoms with Crippen molar-refractivity contribution in [3.8, 4) is 11.5 Å².